The van der Waals surface area contributed by atoms with Crippen LogP contribution in [0.3, 0.4) is 0 Å². The van der Waals surface area contributed by atoms with E-state index in [0.29, 0.717) is 29.7 Å². The molecule has 1 aliphatic rings. The lowest BCUT2D eigenvalue weighted by Gasteiger charge is -2.33. The van der Waals surface area contributed by atoms with Crippen LogP contribution in [-0.2, 0) is 4.74 Å². The number of benzene rings is 1. The number of likely N-dealkylation sites (tertiary alicyclic amines) is 1. The van der Waals surface area contributed by atoms with Gasteiger partial charge < -0.3 is 19.7 Å². The lowest BCUT2D eigenvalue weighted by atomic mass is 10.0. The molecule has 2 aromatic rings. The van der Waals surface area contributed by atoms with Crippen LogP contribution in [0.4, 0.5) is 19.3 Å². The van der Waals surface area contributed by atoms with Gasteiger partial charge in [0.1, 0.15) is 11.8 Å². The van der Waals surface area contributed by atoms with Crippen molar-refractivity contribution in [3.8, 4) is 11.8 Å². The van der Waals surface area contributed by atoms with E-state index in [1.165, 1.54) is 25.4 Å². The molecule has 0 radical (unpaired) electrons. The molecule has 2 heterocycles. The number of piperidine rings is 1. The van der Waals surface area contributed by atoms with Crippen molar-refractivity contribution in [3.05, 3.63) is 30.0 Å². The van der Waals surface area contributed by atoms with Crippen molar-refractivity contribution < 1.29 is 23.0 Å². The molecule has 1 saturated heterocycles. The van der Waals surface area contributed by atoms with Gasteiger partial charge in [0.15, 0.2) is 0 Å². The van der Waals surface area contributed by atoms with Crippen molar-refractivity contribution in [2.75, 3.05) is 25.5 Å². The average molecular weight is 376 g/mol. The Bertz CT molecular complexity index is 885. The molecule has 1 unspecified atom stereocenters. The predicted octanol–water partition coefficient (Wildman–Crippen LogP) is 3.35. The Balaban J connectivity index is 1.94. The number of methoxy groups -OCH3 is 1. The zero-order valence-electron chi connectivity index (χ0n) is 14.6. The number of nitrogens with one attached hydrogen (secondary N) is 1. The molecule has 1 amide bonds. The number of nitriles is 1. The number of aromatic nitrogens is 1. The number of halogens is 2. The highest BCUT2D eigenvalue weighted by Gasteiger charge is 2.25. The Morgan fingerprint density at radius 1 is 1.48 bits per heavy atom. The van der Waals surface area contributed by atoms with E-state index in [1.807, 2.05) is 0 Å². The summed E-state index contributed by atoms with van der Waals surface area (Å²) in [6, 6.07) is 6.33. The largest absolute Gasteiger partial charge is 0.453 e. The molecule has 0 aliphatic carbocycles. The van der Waals surface area contributed by atoms with E-state index in [0.717, 1.165) is 12.8 Å². The average Bonchev–Trinajstić information content (AvgIpc) is 2.67. The highest BCUT2D eigenvalue weighted by molar-refractivity contribution is 5.95. The third-order valence-corrected chi connectivity index (χ3v) is 4.39. The Hall–Kier alpha value is -3.15. The van der Waals surface area contributed by atoms with Crippen molar-refractivity contribution in [1.29, 1.82) is 5.26 Å². The number of carbonyl (C=O) groups is 1. The first-order chi connectivity index (χ1) is 13.0. The number of hydrogen-bond acceptors (Lipinski definition) is 6. The number of rotatable bonds is 4. The molecule has 0 saturated carbocycles. The van der Waals surface area contributed by atoms with Crippen molar-refractivity contribution >= 4 is 22.7 Å². The van der Waals surface area contributed by atoms with Crippen LogP contribution >= 0.6 is 0 Å². The van der Waals surface area contributed by atoms with E-state index in [1.54, 1.807) is 11.0 Å². The van der Waals surface area contributed by atoms with Gasteiger partial charge in [0.25, 0.3) is 0 Å². The molecule has 1 atom stereocenters. The molecule has 9 heteroatoms. The second kappa shape index (κ2) is 8.03. The summed E-state index contributed by atoms with van der Waals surface area (Å²) in [7, 11) is 1.33. The second-order valence-corrected chi connectivity index (χ2v) is 6.12. The number of ether oxygens (including phenoxy) is 2. The Morgan fingerprint density at radius 3 is 3.00 bits per heavy atom. The lowest BCUT2D eigenvalue weighted by molar-refractivity contribution is -0.0497. The minimum absolute atomic E-state index is 0.0164. The van der Waals surface area contributed by atoms with Crippen LogP contribution in [-0.4, -0.2) is 48.8 Å². The maximum Gasteiger partial charge on any atom is 0.409 e. The maximum absolute atomic E-state index is 12.5. The van der Waals surface area contributed by atoms with Gasteiger partial charge in [0.2, 0.25) is 0 Å². The lowest BCUT2D eigenvalue weighted by Crippen LogP contribution is -2.45. The highest BCUT2D eigenvalue weighted by atomic mass is 19.3. The SMILES string of the molecule is COC(=O)N1CCCC(Nc2c(C#N)cnc3ccc(OC(F)F)cc23)C1. The molecule has 0 bridgehead atoms. The molecule has 1 fully saturated rings. The topological polar surface area (TPSA) is 87.5 Å². The van der Waals surface area contributed by atoms with Gasteiger partial charge in [-0.2, -0.15) is 14.0 Å². The molecular weight excluding hydrogens is 358 g/mol. The van der Waals surface area contributed by atoms with E-state index in [2.05, 4.69) is 21.1 Å². The quantitative estimate of drug-likeness (QED) is 0.881. The first-order valence-corrected chi connectivity index (χ1v) is 8.39. The molecule has 1 aromatic carbocycles. The molecule has 0 spiro atoms. The third kappa shape index (κ3) is 4.16. The first-order valence-electron chi connectivity index (χ1n) is 8.39. The summed E-state index contributed by atoms with van der Waals surface area (Å²) < 4.78 is 34.3. The van der Waals surface area contributed by atoms with Crippen molar-refractivity contribution in [3.63, 3.8) is 0 Å². The fourth-order valence-electron chi connectivity index (χ4n) is 3.18. The van der Waals surface area contributed by atoms with E-state index >= 15 is 0 Å². The van der Waals surface area contributed by atoms with Gasteiger partial charge in [-0.25, -0.2) is 4.79 Å². The van der Waals surface area contributed by atoms with E-state index in [-0.39, 0.29) is 17.4 Å². The molecule has 7 nitrogen and oxygen atoms in total. The normalized spacial score (nSPS) is 16.9. The number of carbonyl (C=O) groups excluding carboxylic acids is 1. The number of anilines is 1. The van der Waals surface area contributed by atoms with Crippen molar-refractivity contribution in [1.82, 2.24) is 9.88 Å². The van der Waals surface area contributed by atoms with Gasteiger partial charge >= 0.3 is 12.7 Å². The molecule has 1 N–H and O–H groups in total. The minimum atomic E-state index is -2.95. The molecule has 142 valence electrons. The second-order valence-electron chi connectivity index (χ2n) is 6.12. The van der Waals surface area contributed by atoms with Crippen LogP contribution < -0.4 is 10.1 Å². The summed E-state index contributed by atoms with van der Waals surface area (Å²) in [6.45, 7) is -1.94. The molecular formula is C18H18F2N4O3. The number of hydrogen-bond donors (Lipinski definition) is 1. The van der Waals surface area contributed by atoms with E-state index < -0.39 is 12.7 Å². The fourth-order valence-corrected chi connectivity index (χ4v) is 3.18. The zero-order valence-corrected chi connectivity index (χ0v) is 14.6. The summed E-state index contributed by atoms with van der Waals surface area (Å²) in [6.07, 6.45) is 2.58. The van der Waals surface area contributed by atoms with Crippen molar-refractivity contribution in [2.24, 2.45) is 0 Å². The smallest absolute Gasteiger partial charge is 0.409 e. The summed E-state index contributed by atoms with van der Waals surface area (Å²) in [5, 5.41) is 13.2. The van der Waals surface area contributed by atoms with Gasteiger partial charge in [-0.05, 0) is 31.0 Å². The molecule has 1 aliphatic heterocycles. The Kier molecular flexibility index (Phi) is 5.54. The fraction of sp³-hybridized carbons (Fsp3) is 0.389. The molecule has 1 aromatic heterocycles. The highest BCUT2D eigenvalue weighted by Crippen LogP contribution is 2.31. The Morgan fingerprint density at radius 2 is 2.30 bits per heavy atom. The van der Waals surface area contributed by atoms with Crippen LogP contribution in [0.2, 0.25) is 0 Å². The standard InChI is InChI=1S/C18H18F2N4O3/c1-26-18(25)24-6-2-3-12(10-24)23-16-11(8-21)9-22-15-5-4-13(7-14(15)16)27-17(19)20/h4-5,7,9,12,17H,2-3,6,10H2,1H3,(H,22,23). The summed E-state index contributed by atoms with van der Waals surface area (Å²) >= 11 is 0. The van der Waals surface area contributed by atoms with Crippen LogP contribution in [0, 0.1) is 11.3 Å². The number of amides is 1. The number of alkyl halides is 2. The van der Waals surface area contributed by atoms with Crippen LogP contribution in [0.1, 0.15) is 18.4 Å². The van der Waals surface area contributed by atoms with Crippen molar-refractivity contribution in [2.45, 2.75) is 25.5 Å². The van der Waals surface area contributed by atoms with Gasteiger partial charge in [-0.1, -0.05) is 0 Å². The monoisotopic (exact) mass is 376 g/mol. The molecule has 27 heavy (non-hydrogen) atoms. The van der Waals surface area contributed by atoms with Gasteiger partial charge in [-0.3, -0.25) is 4.98 Å². The maximum atomic E-state index is 12.5. The summed E-state index contributed by atoms with van der Waals surface area (Å²) in [4.78, 5) is 17.6. The zero-order chi connectivity index (χ0) is 19.4. The number of nitrogens with zero attached hydrogens (tertiary/aromatic N) is 3. The summed E-state index contributed by atoms with van der Waals surface area (Å²) in [5.74, 6) is -0.0164. The molecule has 3 rings (SSSR count). The third-order valence-electron chi connectivity index (χ3n) is 4.39. The van der Waals surface area contributed by atoms with Gasteiger partial charge in [-0.15, -0.1) is 0 Å². The van der Waals surface area contributed by atoms with E-state index in [9.17, 15) is 18.8 Å². The van der Waals surface area contributed by atoms with Crippen LogP contribution in [0.25, 0.3) is 10.9 Å². The summed E-state index contributed by atoms with van der Waals surface area (Å²) in [5.41, 5.74) is 1.31. The van der Waals surface area contributed by atoms with Gasteiger partial charge in [0.05, 0.1) is 23.9 Å². The number of pyridine rings is 1. The van der Waals surface area contributed by atoms with Gasteiger partial charge in [0, 0.05) is 30.7 Å². The Labute approximate surface area is 154 Å². The first kappa shape index (κ1) is 18.6. The van der Waals surface area contributed by atoms with Crippen LogP contribution in [0.15, 0.2) is 24.4 Å². The minimum Gasteiger partial charge on any atom is -0.453 e. The van der Waals surface area contributed by atoms with Crippen LogP contribution in [0.5, 0.6) is 5.75 Å². The van der Waals surface area contributed by atoms with E-state index in [4.69, 9.17) is 4.74 Å². The number of fused-ring (bicyclic) bond motifs is 1. The predicted molar refractivity (Wildman–Crippen MR) is 93.7 cm³/mol.